The summed E-state index contributed by atoms with van der Waals surface area (Å²) in [5.74, 6) is 0. The second-order valence-corrected chi connectivity index (χ2v) is 7.88. The van der Waals surface area contributed by atoms with E-state index in [0.29, 0.717) is 19.3 Å². The molecule has 0 radical (unpaired) electrons. The fourth-order valence-electron chi connectivity index (χ4n) is 2.58. The molecule has 4 nitrogen and oxygen atoms in total. The van der Waals surface area contributed by atoms with Crippen molar-refractivity contribution in [3.63, 3.8) is 0 Å². The molecule has 5 heteroatoms. The number of aliphatic hydroxyl groups excluding tert-OH is 1. The molecule has 0 aliphatic carbocycles. The van der Waals surface area contributed by atoms with Crippen LogP contribution in [0.25, 0.3) is 0 Å². The van der Waals surface area contributed by atoms with Crippen LogP contribution in [0, 0.1) is 0 Å². The third-order valence-electron chi connectivity index (χ3n) is 3.95. The maximum absolute atomic E-state index is 11.4. The molecule has 0 heterocycles. The van der Waals surface area contributed by atoms with Crippen molar-refractivity contribution in [2.24, 2.45) is 0 Å². The third kappa shape index (κ3) is 13.3. The van der Waals surface area contributed by atoms with E-state index in [9.17, 15) is 18.1 Å². The van der Waals surface area contributed by atoms with Crippen LogP contribution >= 0.6 is 0 Å². The van der Waals surface area contributed by atoms with E-state index in [1.165, 1.54) is 25.7 Å². The van der Waals surface area contributed by atoms with Crippen LogP contribution in [0.2, 0.25) is 0 Å². The molecule has 128 valence electrons. The monoisotopic (exact) mass is 322 g/mol. The highest BCUT2D eigenvalue weighted by molar-refractivity contribution is 7.86. The molecule has 0 fully saturated rings. The molecule has 2 unspecified atom stereocenters. The van der Waals surface area contributed by atoms with Gasteiger partial charge in [-0.1, -0.05) is 64.7 Å². The van der Waals surface area contributed by atoms with Crippen LogP contribution in [0.15, 0.2) is 0 Å². The standard InChI is InChI=1S/C16H34O4S/c1-3-4-5-6-7-8-9-13-16(21(18,19)20)14-11-10-12-15(2)17/h15-17H,3-14H2,1-2H3,(H,18,19,20). The van der Waals surface area contributed by atoms with E-state index in [4.69, 9.17) is 0 Å². The van der Waals surface area contributed by atoms with Gasteiger partial charge in [-0.05, 0) is 26.2 Å². The van der Waals surface area contributed by atoms with Crippen molar-refractivity contribution < 1.29 is 18.1 Å². The summed E-state index contributed by atoms with van der Waals surface area (Å²) in [6, 6.07) is 0. The Bertz CT molecular complexity index is 325. The van der Waals surface area contributed by atoms with E-state index in [2.05, 4.69) is 6.92 Å². The van der Waals surface area contributed by atoms with Crippen LogP contribution in [-0.4, -0.2) is 29.4 Å². The molecule has 0 rings (SSSR count). The molecule has 2 N–H and O–H groups in total. The van der Waals surface area contributed by atoms with Gasteiger partial charge in [-0.25, -0.2) is 0 Å². The van der Waals surface area contributed by atoms with Crippen LogP contribution in [-0.2, 0) is 10.1 Å². The molecule has 0 saturated heterocycles. The van der Waals surface area contributed by atoms with Crippen molar-refractivity contribution in [2.45, 2.75) is 102 Å². The molecule has 0 bridgehead atoms. The first-order valence-electron chi connectivity index (χ1n) is 8.52. The summed E-state index contributed by atoms with van der Waals surface area (Å²) in [6.07, 6.45) is 11.0. The summed E-state index contributed by atoms with van der Waals surface area (Å²) >= 11 is 0. The Morgan fingerprint density at radius 3 is 1.71 bits per heavy atom. The van der Waals surface area contributed by atoms with Gasteiger partial charge in [0, 0.05) is 0 Å². The fourth-order valence-corrected chi connectivity index (χ4v) is 3.51. The van der Waals surface area contributed by atoms with Crippen LogP contribution in [0.3, 0.4) is 0 Å². The summed E-state index contributed by atoms with van der Waals surface area (Å²) in [5, 5.41) is 8.55. The Morgan fingerprint density at radius 2 is 1.24 bits per heavy atom. The number of hydrogen-bond donors (Lipinski definition) is 2. The molecular formula is C16H34O4S. The van der Waals surface area contributed by atoms with Crippen LogP contribution in [0.1, 0.15) is 90.9 Å². The first kappa shape index (κ1) is 20.9. The van der Waals surface area contributed by atoms with Crippen molar-refractivity contribution in [3.05, 3.63) is 0 Å². The van der Waals surface area contributed by atoms with E-state index < -0.39 is 15.4 Å². The van der Waals surface area contributed by atoms with Crippen molar-refractivity contribution in [1.29, 1.82) is 0 Å². The fraction of sp³-hybridized carbons (Fsp3) is 1.00. The minimum absolute atomic E-state index is 0.336. The average molecular weight is 323 g/mol. The van der Waals surface area contributed by atoms with E-state index >= 15 is 0 Å². The lowest BCUT2D eigenvalue weighted by atomic mass is 10.0. The average Bonchev–Trinajstić information content (AvgIpc) is 2.38. The molecule has 2 atom stereocenters. The molecule has 0 aromatic rings. The lowest BCUT2D eigenvalue weighted by Crippen LogP contribution is -2.20. The highest BCUT2D eigenvalue weighted by Crippen LogP contribution is 2.18. The molecule has 0 aliphatic rings. The quantitative estimate of drug-likeness (QED) is 0.369. The zero-order chi connectivity index (χ0) is 16.1. The molecule has 0 spiro atoms. The molecule has 21 heavy (non-hydrogen) atoms. The van der Waals surface area contributed by atoms with Gasteiger partial charge in [0.25, 0.3) is 10.1 Å². The zero-order valence-electron chi connectivity index (χ0n) is 13.8. The van der Waals surface area contributed by atoms with Crippen LogP contribution < -0.4 is 0 Å². The predicted molar refractivity (Wildman–Crippen MR) is 88.1 cm³/mol. The first-order valence-corrected chi connectivity index (χ1v) is 10.0. The lowest BCUT2D eigenvalue weighted by Gasteiger charge is -2.14. The predicted octanol–water partition coefficient (Wildman–Crippen LogP) is 4.32. The molecule has 0 saturated carbocycles. The van der Waals surface area contributed by atoms with Gasteiger partial charge < -0.3 is 5.11 Å². The van der Waals surface area contributed by atoms with Gasteiger partial charge in [0.15, 0.2) is 0 Å². The van der Waals surface area contributed by atoms with Crippen molar-refractivity contribution in [3.8, 4) is 0 Å². The SMILES string of the molecule is CCCCCCCCCC(CCCCC(C)O)S(=O)(=O)O. The van der Waals surface area contributed by atoms with Crippen molar-refractivity contribution in [1.82, 2.24) is 0 Å². The Kier molecular flexibility index (Phi) is 12.3. The molecule has 0 aromatic carbocycles. The summed E-state index contributed by atoms with van der Waals surface area (Å²) in [5.41, 5.74) is 0. The van der Waals surface area contributed by atoms with Gasteiger partial charge in [0.05, 0.1) is 11.4 Å². The van der Waals surface area contributed by atoms with Gasteiger partial charge in [-0.2, -0.15) is 8.42 Å². The topological polar surface area (TPSA) is 74.6 Å². The summed E-state index contributed by atoms with van der Waals surface area (Å²) < 4.78 is 32.0. The minimum atomic E-state index is -3.93. The molecule has 0 aliphatic heterocycles. The Balaban J connectivity index is 3.82. The first-order chi connectivity index (χ1) is 9.88. The van der Waals surface area contributed by atoms with Gasteiger partial charge in [0.1, 0.15) is 0 Å². The highest BCUT2D eigenvalue weighted by Gasteiger charge is 2.21. The van der Waals surface area contributed by atoms with Crippen molar-refractivity contribution >= 4 is 10.1 Å². The molecule has 0 amide bonds. The second-order valence-electron chi connectivity index (χ2n) is 6.18. The van der Waals surface area contributed by atoms with E-state index in [1.807, 2.05) is 0 Å². The van der Waals surface area contributed by atoms with Gasteiger partial charge >= 0.3 is 0 Å². The summed E-state index contributed by atoms with van der Waals surface area (Å²) in [7, 11) is -3.93. The minimum Gasteiger partial charge on any atom is -0.393 e. The maximum atomic E-state index is 11.4. The van der Waals surface area contributed by atoms with Crippen LogP contribution in [0.5, 0.6) is 0 Å². The largest absolute Gasteiger partial charge is 0.393 e. The number of rotatable bonds is 14. The van der Waals surface area contributed by atoms with E-state index in [1.54, 1.807) is 6.92 Å². The molecule has 0 aromatic heterocycles. The Hall–Kier alpha value is -0.130. The highest BCUT2D eigenvalue weighted by atomic mass is 32.2. The second kappa shape index (κ2) is 12.4. The molecular weight excluding hydrogens is 288 g/mol. The van der Waals surface area contributed by atoms with Crippen molar-refractivity contribution in [2.75, 3.05) is 0 Å². The smallest absolute Gasteiger partial charge is 0.267 e. The summed E-state index contributed by atoms with van der Waals surface area (Å²) in [4.78, 5) is 0. The maximum Gasteiger partial charge on any atom is 0.267 e. The van der Waals surface area contributed by atoms with Gasteiger partial charge in [-0.3, -0.25) is 4.55 Å². The Morgan fingerprint density at radius 1 is 0.810 bits per heavy atom. The number of aliphatic hydroxyl groups is 1. The zero-order valence-corrected chi connectivity index (χ0v) is 14.6. The Labute approximate surface area is 131 Å². The van der Waals surface area contributed by atoms with E-state index in [-0.39, 0.29) is 6.10 Å². The number of unbranched alkanes of at least 4 members (excludes halogenated alkanes) is 7. The van der Waals surface area contributed by atoms with Crippen LogP contribution in [0.4, 0.5) is 0 Å². The lowest BCUT2D eigenvalue weighted by molar-refractivity contribution is 0.180. The normalized spacial score (nSPS) is 15.0. The van der Waals surface area contributed by atoms with E-state index in [0.717, 1.165) is 32.1 Å². The van der Waals surface area contributed by atoms with Gasteiger partial charge in [-0.15, -0.1) is 0 Å². The third-order valence-corrected chi connectivity index (χ3v) is 5.26. The summed E-state index contributed by atoms with van der Waals surface area (Å²) in [6.45, 7) is 3.92. The van der Waals surface area contributed by atoms with Gasteiger partial charge in [0.2, 0.25) is 0 Å². The number of hydrogen-bond acceptors (Lipinski definition) is 3.